The number of hydrogen-bond acceptors (Lipinski definition) is 12. The van der Waals surface area contributed by atoms with Gasteiger partial charge in [0, 0.05) is 28.3 Å². The molecular weight excluding hydrogens is 1190 g/mol. The third-order valence-corrected chi connectivity index (χ3v) is 19.6. The van der Waals surface area contributed by atoms with Crippen molar-refractivity contribution in [1.82, 2.24) is 0 Å². The molecule has 2 aromatic rings. The second kappa shape index (κ2) is 55.8. The fourth-order valence-electron chi connectivity index (χ4n) is 12.2. The average molecular weight is 1330 g/mol. The van der Waals surface area contributed by atoms with Gasteiger partial charge in [0.05, 0.1) is 50.8 Å². The molecule has 544 valence electrons. The molecule has 6 unspecified atom stereocenters. The van der Waals surface area contributed by atoms with Crippen LogP contribution in [0.5, 0.6) is 34.5 Å². The molecule has 0 saturated heterocycles. The zero-order valence-electron chi connectivity index (χ0n) is 62.6. The van der Waals surface area contributed by atoms with Gasteiger partial charge in [-0.15, -0.1) is 0 Å². The first kappa shape index (κ1) is 85.9. The second-order valence-electron chi connectivity index (χ2n) is 27.6. The van der Waals surface area contributed by atoms with Gasteiger partial charge in [-0.05, 0) is 109 Å². The Bertz CT molecular complexity index is 2130. The van der Waals surface area contributed by atoms with Crippen LogP contribution in [0.25, 0.3) is 20.9 Å². The maximum absolute atomic E-state index is 14.9. The molecule has 0 amide bonds. The molecule has 0 fully saturated rings. The first-order chi connectivity index (χ1) is 46.3. The van der Waals surface area contributed by atoms with Gasteiger partial charge in [-0.25, -0.2) is 9.59 Å². The minimum atomic E-state index is -1.48. The van der Waals surface area contributed by atoms with Gasteiger partial charge < -0.3 is 37.9 Å². The Kier molecular flexibility index (Phi) is 50.4. The Balaban J connectivity index is 2.85. The summed E-state index contributed by atoms with van der Waals surface area (Å²) in [6.45, 7) is 27.7. The van der Waals surface area contributed by atoms with Crippen LogP contribution in [0.4, 0.5) is 0 Å². The van der Waals surface area contributed by atoms with E-state index in [1.807, 2.05) is 0 Å². The number of nitrogens with zero attached hydrogens (tertiary/aromatic N) is 6. The fourth-order valence-corrected chi connectivity index (χ4v) is 12.2. The summed E-state index contributed by atoms with van der Waals surface area (Å²) in [5.74, 6) is 2.91. The Hall–Kier alpha value is -5.20. The van der Waals surface area contributed by atoms with E-state index < -0.39 is 30.6 Å². The summed E-state index contributed by atoms with van der Waals surface area (Å²) in [6, 6.07) is 6.75. The smallest absolute Gasteiger partial charge is 0.338 e. The molecule has 6 atom stereocenters. The number of hydrogen-bond donors (Lipinski definition) is 0. The lowest BCUT2D eigenvalue weighted by atomic mass is 9.90. The lowest BCUT2D eigenvalue weighted by Gasteiger charge is -2.30. The summed E-state index contributed by atoms with van der Waals surface area (Å²) in [5.41, 5.74) is 18.5. The molecule has 0 aliphatic carbocycles. The van der Waals surface area contributed by atoms with E-state index in [9.17, 15) is 20.7 Å². The highest BCUT2D eigenvalue weighted by Gasteiger charge is 2.35. The molecule has 0 heterocycles. The molecule has 16 nitrogen and oxygen atoms in total. The first-order valence-corrected chi connectivity index (χ1v) is 38.8. The zero-order valence-corrected chi connectivity index (χ0v) is 62.6. The first-order valence-electron chi connectivity index (χ1n) is 38.8. The fraction of sp³-hybridized carbons (Fsp3) is 0.823. The number of carbonyl (C=O) groups is 2. The summed E-state index contributed by atoms with van der Waals surface area (Å²) >= 11 is 0. The highest BCUT2D eigenvalue weighted by molar-refractivity contribution is 5.92. The average Bonchev–Trinajstić information content (AvgIpc) is 0.930. The van der Waals surface area contributed by atoms with Crippen LogP contribution in [0.2, 0.25) is 0 Å². The molecule has 0 saturated carbocycles. The summed E-state index contributed by atoms with van der Waals surface area (Å²) in [4.78, 5) is 36.0. The van der Waals surface area contributed by atoms with E-state index in [0.717, 1.165) is 141 Å². The van der Waals surface area contributed by atoms with Crippen LogP contribution in [0.15, 0.2) is 34.5 Å². The van der Waals surface area contributed by atoms with Gasteiger partial charge in [-0.3, -0.25) is 0 Å². The molecule has 0 aliphatic heterocycles. The van der Waals surface area contributed by atoms with E-state index in [0.29, 0.717) is 86.0 Å². The number of unbranched alkanes of at least 4 members (excludes halogenated alkanes) is 18. The van der Waals surface area contributed by atoms with Gasteiger partial charge >= 0.3 is 11.9 Å². The summed E-state index contributed by atoms with van der Waals surface area (Å²) in [7, 11) is 0. The van der Waals surface area contributed by atoms with E-state index >= 15 is 0 Å². The van der Waals surface area contributed by atoms with Crippen molar-refractivity contribution in [2.24, 2.45) is 51.2 Å². The van der Waals surface area contributed by atoms with Gasteiger partial charge in [0.1, 0.15) is 13.2 Å². The Morgan fingerprint density at radius 2 is 0.568 bits per heavy atom. The van der Waals surface area contributed by atoms with Crippen molar-refractivity contribution in [1.29, 1.82) is 0 Å². The highest BCUT2D eigenvalue weighted by Crippen LogP contribution is 2.43. The summed E-state index contributed by atoms with van der Waals surface area (Å²) in [6.07, 6.45) is 39.7. The van der Waals surface area contributed by atoms with Gasteiger partial charge in [0.25, 0.3) is 0 Å². The predicted octanol–water partition coefficient (Wildman–Crippen LogP) is 24.6. The lowest BCUT2D eigenvalue weighted by Crippen LogP contribution is -2.40. The normalized spacial score (nSPS) is 13.9. The van der Waals surface area contributed by atoms with Crippen molar-refractivity contribution in [3.8, 4) is 34.5 Å². The second-order valence-corrected chi connectivity index (χ2v) is 27.6. The third kappa shape index (κ3) is 36.8. The number of azide groups is 2. The van der Waals surface area contributed by atoms with E-state index in [4.69, 9.17) is 37.9 Å². The molecule has 0 N–H and O–H groups in total. The van der Waals surface area contributed by atoms with Gasteiger partial charge in [0.2, 0.25) is 11.5 Å². The molecule has 16 heteroatoms. The van der Waals surface area contributed by atoms with Gasteiger partial charge in [0.15, 0.2) is 23.0 Å². The van der Waals surface area contributed by atoms with Crippen molar-refractivity contribution in [3.63, 3.8) is 0 Å². The highest BCUT2D eigenvalue weighted by atomic mass is 16.6. The topological polar surface area (TPSA) is 205 Å². The number of esters is 2. The molecule has 2 rings (SSSR count). The summed E-state index contributed by atoms with van der Waals surface area (Å²) in [5, 5.41) is 7.88. The van der Waals surface area contributed by atoms with E-state index in [-0.39, 0.29) is 47.9 Å². The molecule has 0 aliphatic rings. The molecule has 0 spiro atoms. The van der Waals surface area contributed by atoms with Crippen LogP contribution in [0, 0.1) is 40.9 Å². The Morgan fingerprint density at radius 1 is 0.347 bits per heavy atom. The predicted molar refractivity (Wildman–Crippen MR) is 392 cm³/mol. The number of benzene rings is 2. The maximum Gasteiger partial charge on any atom is 0.338 e. The largest absolute Gasteiger partial charge is 0.489 e. The SMILES string of the molecule is CCCCCCC(CC)COc1cc(C(=O)OCC(CN=[N+]=[N-])(CN=[N+]=[N-])COC(=O)c2cc(OCC(CC)CCCCCC)c(OCC(CC)CCCCCC)c(OCC(CC)CCCCCC)c2)cc(OCC(CC)CCCCCC)c1OCC(CC)CCCCCC. The number of carbonyl (C=O) groups excluding carboxylic acids is 2. The van der Waals surface area contributed by atoms with Gasteiger partial charge in [-0.2, -0.15) is 0 Å². The third-order valence-electron chi connectivity index (χ3n) is 19.6. The zero-order chi connectivity index (χ0) is 69.6. The van der Waals surface area contributed by atoms with Crippen molar-refractivity contribution in [3.05, 3.63) is 56.3 Å². The lowest BCUT2D eigenvalue weighted by molar-refractivity contribution is 0.000340. The number of rotatable bonds is 64. The molecular formula is C79H138N6O10. The van der Waals surface area contributed by atoms with E-state index in [1.165, 1.54) is 89.9 Å². The maximum atomic E-state index is 14.9. The number of ether oxygens (including phenoxy) is 8. The van der Waals surface area contributed by atoms with Crippen LogP contribution >= 0.6 is 0 Å². The minimum Gasteiger partial charge on any atom is -0.489 e. The molecule has 95 heavy (non-hydrogen) atoms. The molecule has 0 bridgehead atoms. The van der Waals surface area contributed by atoms with Crippen LogP contribution < -0.4 is 28.4 Å². The van der Waals surface area contributed by atoms with Crippen LogP contribution in [0.3, 0.4) is 0 Å². The van der Waals surface area contributed by atoms with Crippen molar-refractivity contribution >= 4 is 11.9 Å². The van der Waals surface area contributed by atoms with Crippen molar-refractivity contribution < 1.29 is 47.5 Å². The monoisotopic (exact) mass is 1330 g/mol. The minimum absolute atomic E-state index is 0.168. The van der Waals surface area contributed by atoms with Crippen molar-refractivity contribution in [2.45, 2.75) is 314 Å². The Labute approximate surface area is 578 Å². The quantitative estimate of drug-likeness (QED) is 0.0201. The molecule has 2 aromatic carbocycles. The van der Waals surface area contributed by atoms with Crippen LogP contribution in [-0.4, -0.2) is 77.9 Å². The van der Waals surface area contributed by atoms with Crippen LogP contribution in [-0.2, 0) is 9.47 Å². The van der Waals surface area contributed by atoms with Crippen LogP contribution in [0.1, 0.15) is 335 Å². The van der Waals surface area contributed by atoms with Crippen molar-refractivity contribution in [2.75, 3.05) is 65.9 Å². The van der Waals surface area contributed by atoms with Gasteiger partial charge in [-0.1, -0.05) is 286 Å². The summed E-state index contributed by atoms with van der Waals surface area (Å²) < 4.78 is 53.5. The molecule has 0 radical (unpaired) electrons. The van der Waals surface area contributed by atoms with E-state index in [1.54, 1.807) is 24.3 Å². The Morgan fingerprint density at radius 3 is 0.768 bits per heavy atom. The van der Waals surface area contributed by atoms with E-state index in [2.05, 4.69) is 103 Å². The molecule has 0 aromatic heterocycles. The standard InChI is InChI=1S/C79H138N6O10/c1-13-25-31-37-43-63(19-7)53-88-71-49-69(50-72(89-54-64(20-8)44-38-32-26-14-2)75(71)92-57-67(23-11)47-41-35-29-17-5)77(86)94-61-79(59-82-84-80,60-83-85-81)62-95-78(87)70-51-73(90-55-65(21-9)45-39-33-27-15-3)76(93-58-68(24-12)48-42-36-30-18-6)74(52-70)91-56-66(22-10)46-40-34-28-16-4/h49-52,63-68H,13-48,53-62H2,1-12H3.